The molecule has 0 unspecified atom stereocenters. The lowest BCUT2D eigenvalue weighted by atomic mass is 9.69. The first-order valence-corrected chi connectivity index (χ1v) is 6.20. The van der Waals surface area contributed by atoms with Crippen LogP contribution in [0.4, 0.5) is 0 Å². The molecule has 0 radical (unpaired) electrons. The van der Waals surface area contributed by atoms with Crippen molar-refractivity contribution in [1.29, 1.82) is 0 Å². The molecule has 18 heavy (non-hydrogen) atoms. The average molecular weight is 253 g/mol. The van der Waals surface area contributed by atoms with E-state index in [0.717, 1.165) is 19.4 Å². The Balaban J connectivity index is 1.68. The molecule has 7 heteroatoms. The average Bonchev–Trinajstić information content (AvgIpc) is 2.82. The van der Waals surface area contributed by atoms with Crippen LogP contribution in [-0.2, 0) is 16.1 Å². The number of nitrogens with one attached hydrogen (secondary N) is 1. The predicted molar refractivity (Wildman–Crippen MR) is 63.6 cm³/mol. The Morgan fingerprint density at radius 1 is 1.56 bits per heavy atom. The standard InChI is InChI=1S/C11H19N5O2/c1-18-8-11(4-2-5-11)7-12-10(17)3-6-16-9-13-14-15-16/h9H,2-8H2,1H3,(H,12,17). The highest BCUT2D eigenvalue weighted by molar-refractivity contribution is 5.75. The zero-order valence-electron chi connectivity index (χ0n) is 10.6. The number of aryl methyl sites for hydroxylation is 1. The van der Waals surface area contributed by atoms with Gasteiger partial charge in [0.25, 0.3) is 0 Å². The van der Waals surface area contributed by atoms with Gasteiger partial charge in [-0.15, -0.1) is 5.10 Å². The fourth-order valence-electron chi connectivity index (χ4n) is 2.23. The van der Waals surface area contributed by atoms with Crippen LogP contribution in [0.5, 0.6) is 0 Å². The van der Waals surface area contributed by atoms with Crippen LogP contribution in [0.25, 0.3) is 0 Å². The third kappa shape index (κ3) is 3.25. The maximum atomic E-state index is 11.7. The summed E-state index contributed by atoms with van der Waals surface area (Å²) in [6.07, 6.45) is 5.39. The van der Waals surface area contributed by atoms with Crippen LogP contribution >= 0.6 is 0 Å². The molecule has 1 fully saturated rings. The van der Waals surface area contributed by atoms with Gasteiger partial charge in [-0.2, -0.15) is 0 Å². The van der Waals surface area contributed by atoms with Gasteiger partial charge in [-0.05, 0) is 23.3 Å². The van der Waals surface area contributed by atoms with E-state index in [1.54, 1.807) is 11.8 Å². The molecule has 0 aliphatic heterocycles. The van der Waals surface area contributed by atoms with Crippen LogP contribution in [0, 0.1) is 5.41 Å². The van der Waals surface area contributed by atoms with Gasteiger partial charge in [0.05, 0.1) is 13.2 Å². The monoisotopic (exact) mass is 253 g/mol. The van der Waals surface area contributed by atoms with Crippen LogP contribution in [0.2, 0.25) is 0 Å². The maximum absolute atomic E-state index is 11.7. The molecule has 1 aromatic heterocycles. The quantitative estimate of drug-likeness (QED) is 0.739. The zero-order chi connectivity index (χ0) is 12.8. The number of amides is 1. The minimum absolute atomic E-state index is 0.0351. The van der Waals surface area contributed by atoms with Gasteiger partial charge in [-0.25, -0.2) is 4.68 Å². The van der Waals surface area contributed by atoms with Crippen molar-refractivity contribution in [3.63, 3.8) is 0 Å². The lowest BCUT2D eigenvalue weighted by Crippen LogP contribution is -2.45. The molecule has 0 atom stereocenters. The fraction of sp³-hybridized carbons (Fsp3) is 0.818. The van der Waals surface area contributed by atoms with Gasteiger partial charge in [-0.3, -0.25) is 4.79 Å². The largest absolute Gasteiger partial charge is 0.384 e. The van der Waals surface area contributed by atoms with Gasteiger partial charge in [0.2, 0.25) is 5.91 Å². The summed E-state index contributed by atoms with van der Waals surface area (Å²) >= 11 is 0. The number of ether oxygens (including phenoxy) is 1. The first-order valence-electron chi connectivity index (χ1n) is 6.20. The highest BCUT2D eigenvalue weighted by atomic mass is 16.5. The Morgan fingerprint density at radius 2 is 2.39 bits per heavy atom. The van der Waals surface area contributed by atoms with Gasteiger partial charge in [0.1, 0.15) is 6.33 Å². The van der Waals surface area contributed by atoms with Crippen molar-refractivity contribution in [2.45, 2.75) is 32.2 Å². The van der Waals surface area contributed by atoms with Crippen LogP contribution < -0.4 is 5.32 Å². The first kappa shape index (κ1) is 12.9. The van der Waals surface area contributed by atoms with Crippen molar-refractivity contribution >= 4 is 5.91 Å². The molecular weight excluding hydrogens is 234 g/mol. The fourth-order valence-corrected chi connectivity index (χ4v) is 2.23. The van der Waals surface area contributed by atoms with Gasteiger partial charge < -0.3 is 10.1 Å². The minimum Gasteiger partial charge on any atom is -0.384 e. The number of aromatic nitrogens is 4. The molecule has 1 aliphatic rings. The van der Waals surface area contributed by atoms with Crippen molar-refractivity contribution in [3.8, 4) is 0 Å². The van der Waals surface area contributed by atoms with Crippen molar-refractivity contribution < 1.29 is 9.53 Å². The van der Waals surface area contributed by atoms with Crippen LogP contribution in [0.3, 0.4) is 0 Å². The number of carbonyl (C=O) groups excluding carboxylic acids is 1. The van der Waals surface area contributed by atoms with Crippen LogP contribution in [-0.4, -0.2) is 46.4 Å². The number of methoxy groups -OCH3 is 1. The van der Waals surface area contributed by atoms with E-state index >= 15 is 0 Å². The van der Waals surface area contributed by atoms with Gasteiger partial charge >= 0.3 is 0 Å². The SMILES string of the molecule is COCC1(CNC(=O)CCn2cnnn2)CCC1. The number of hydrogen-bond acceptors (Lipinski definition) is 5. The number of carbonyl (C=O) groups is 1. The highest BCUT2D eigenvalue weighted by Gasteiger charge is 2.37. The molecule has 0 saturated heterocycles. The number of tetrazole rings is 1. The van der Waals surface area contributed by atoms with E-state index in [1.165, 1.54) is 12.7 Å². The second kappa shape index (κ2) is 5.90. The molecule has 1 aliphatic carbocycles. The molecular formula is C11H19N5O2. The molecule has 7 nitrogen and oxygen atoms in total. The highest BCUT2D eigenvalue weighted by Crippen LogP contribution is 2.40. The summed E-state index contributed by atoms with van der Waals surface area (Å²) < 4.78 is 6.77. The van der Waals surface area contributed by atoms with Crippen LogP contribution in [0.1, 0.15) is 25.7 Å². The van der Waals surface area contributed by atoms with E-state index in [-0.39, 0.29) is 11.3 Å². The Labute approximate surface area is 106 Å². The Morgan fingerprint density at radius 3 is 2.94 bits per heavy atom. The normalized spacial score (nSPS) is 17.2. The molecule has 100 valence electrons. The van der Waals surface area contributed by atoms with E-state index in [0.29, 0.717) is 19.5 Å². The van der Waals surface area contributed by atoms with Crippen LogP contribution in [0.15, 0.2) is 6.33 Å². The molecule has 0 bridgehead atoms. The third-order valence-electron chi connectivity index (χ3n) is 3.48. The van der Waals surface area contributed by atoms with Gasteiger partial charge in [-0.1, -0.05) is 6.42 Å². The maximum Gasteiger partial charge on any atom is 0.221 e. The van der Waals surface area contributed by atoms with E-state index < -0.39 is 0 Å². The summed E-state index contributed by atoms with van der Waals surface area (Å²) in [7, 11) is 1.71. The second-order valence-corrected chi connectivity index (χ2v) is 4.89. The van der Waals surface area contributed by atoms with E-state index in [4.69, 9.17) is 4.74 Å². The van der Waals surface area contributed by atoms with Crippen molar-refractivity contribution in [2.24, 2.45) is 5.41 Å². The predicted octanol–water partition coefficient (Wildman–Crippen LogP) is -0.00390. The molecule has 1 aromatic rings. The molecule has 1 amide bonds. The second-order valence-electron chi connectivity index (χ2n) is 4.89. The summed E-state index contributed by atoms with van der Waals surface area (Å²) in [4.78, 5) is 11.7. The van der Waals surface area contributed by atoms with Gasteiger partial charge in [0, 0.05) is 25.5 Å². The smallest absolute Gasteiger partial charge is 0.221 e. The van der Waals surface area contributed by atoms with E-state index in [1.807, 2.05) is 0 Å². The van der Waals surface area contributed by atoms with Gasteiger partial charge in [0.15, 0.2) is 0 Å². The Bertz CT molecular complexity index is 375. The number of rotatable bonds is 7. The summed E-state index contributed by atoms with van der Waals surface area (Å²) in [5.74, 6) is 0.0351. The topological polar surface area (TPSA) is 81.9 Å². The molecule has 1 heterocycles. The minimum atomic E-state index is 0.0351. The lowest BCUT2D eigenvalue weighted by molar-refractivity contribution is -0.122. The molecule has 1 saturated carbocycles. The molecule has 1 N–H and O–H groups in total. The Kier molecular flexibility index (Phi) is 4.24. The molecule has 2 rings (SSSR count). The third-order valence-corrected chi connectivity index (χ3v) is 3.48. The van der Waals surface area contributed by atoms with Crippen molar-refractivity contribution in [1.82, 2.24) is 25.5 Å². The Hall–Kier alpha value is -1.50. The summed E-state index contributed by atoms with van der Waals surface area (Å²) in [5.41, 5.74) is 0.166. The molecule has 0 spiro atoms. The zero-order valence-corrected chi connectivity index (χ0v) is 10.6. The molecule has 0 aromatic carbocycles. The first-order chi connectivity index (χ1) is 8.74. The van der Waals surface area contributed by atoms with E-state index in [9.17, 15) is 4.79 Å². The number of nitrogens with zero attached hydrogens (tertiary/aromatic N) is 4. The van der Waals surface area contributed by atoms with E-state index in [2.05, 4.69) is 20.8 Å². The summed E-state index contributed by atoms with van der Waals surface area (Å²) in [6, 6.07) is 0. The lowest BCUT2D eigenvalue weighted by Gasteiger charge is -2.41. The van der Waals surface area contributed by atoms with Crippen molar-refractivity contribution in [2.75, 3.05) is 20.3 Å². The summed E-state index contributed by atoms with van der Waals surface area (Å²) in [5, 5.41) is 13.7. The summed E-state index contributed by atoms with van der Waals surface area (Å²) in [6.45, 7) is 1.94. The van der Waals surface area contributed by atoms with Crippen molar-refractivity contribution in [3.05, 3.63) is 6.33 Å². The number of hydrogen-bond donors (Lipinski definition) is 1.